The highest BCUT2D eigenvalue weighted by Gasteiger charge is 2.14. The molecule has 0 amide bonds. The first-order valence-electron chi connectivity index (χ1n) is 5.89. The first-order valence-corrected chi connectivity index (χ1v) is 6.27. The Labute approximate surface area is 117 Å². The minimum absolute atomic E-state index is 0.0321. The van der Waals surface area contributed by atoms with Crippen LogP contribution in [0.25, 0.3) is 0 Å². The Morgan fingerprint density at radius 2 is 2.16 bits per heavy atom. The Hall–Kier alpha value is -1.87. The molecule has 0 aliphatic carbocycles. The predicted molar refractivity (Wildman–Crippen MR) is 75.0 cm³/mol. The van der Waals surface area contributed by atoms with Crippen LogP contribution in [0.4, 0.5) is 0 Å². The molecule has 1 heterocycles. The topological polar surface area (TPSA) is 39.2 Å². The van der Waals surface area contributed by atoms with Gasteiger partial charge in [-0.1, -0.05) is 17.7 Å². The number of rotatable bonds is 4. The predicted octanol–water partition coefficient (Wildman–Crippen LogP) is 3.48. The molecular formula is C15H14ClNO2. The van der Waals surface area contributed by atoms with Crippen molar-refractivity contribution >= 4 is 17.4 Å². The number of ketones is 1. The number of nitrogens with zero attached hydrogens (tertiary/aromatic N) is 1. The SMILES string of the molecule is COc1cc(Cl)ccc1C(=O)Cc1ncccc1C. The van der Waals surface area contributed by atoms with Gasteiger partial charge in [0.05, 0.1) is 24.8 Å². The van der Waals surface area contributed by atoms with E-state index in [1.807, 2.05) is 19.1 Å². The normalized spacial score (nSPS) is 10.3. The largest absolute Gasteiger partial charge is 0.496 e. The van der Waals surface area contributed by atoms with Crippen LogP contribution in [-0.2, 0) is 6.42 Å². The molecule has 1 aromatic heterocycles. The Kier molecular flexibility index (Phi) is 4.17. The van der Waals surface area contributed by atoms with Crippen molar-refractivity contribution in [1.82, 2.24) is 4.98 Å². The number of hydrogen-bond donors (Lipinski definition) is 0. The fourth-order valence-corrected chi connectivity index (χ4v) is 2.01. The van der Waals surface area contributed by atoms with Gasteiger partial charge in [0.1, 0.15) is 5.75 Å². The zero-order valence-corrected chi connectivity index (χ0v) is 11.6. The van der Waals surface area contributed by atoms with Gasteiger partial charge < -0.3 is 4.74 Å². The van der Waals surface area contributed by atoms with Crippen LogP contribution in [0, 0.1) is 6.92 Å². The Balaban J connectivity index is 2.28. The smallest absolute Gasteiger partial charge is 0.172 e. The maximum Gasteiger partial charge on any atom is 0.172 e. The van der Waals surface area contributed by atoms with Crippen LogP contribution in [0.15, 0.2) is 36.5 Å². The van der Waals surface area contributed by atoms with Crippen molar-refractivity contribution in [2.75, 3.05) is 7.11 Å². The van der Waals surface area contributed by atoms with Crippen molar-refractivity contribution in [3.63, 3.8) is 0 Å². The summed E-state index contributed by atoms with van der Waals surface area (Å²) in [7, 11) is 1.52. The Bertz CT molecular complexity index is 611. The van der Waals surface area contributed by atoms with E-state index < -0.39 is 0 Å². The first kappa shape index (κ1) is 13.6. The van der Waals surface area contributed by atoms with Crippen LogP contribution in [0.3, 0.4) is 0 Å². The fourth-order valence-electron chi connectivity index (χ4n) is 1.85. The van der Waals surface area contributed by atoms with Gasteiger partial charge in [0.2, 0.25) is 0 Å². The van der Waals surface area contributed by atoms with Crippen LogP contribution in [0.2, 0.25) is 5.02 Å². The Morgan fingerprint density at radius 1 is 1.37 bits per heavy atom. The second-order valence-corrected chi connectivity index (χ2v) is 4.65. The Morgan fingerprint density at radius 3 is 2.84 bits per heavy atom. The minimum Gasteiger partial charge on any atom is -0.496 e. The van der Waals surface area contributed by atoms with Gasteiger partial charge in [-0.3, -0.25) is 9.78 Å². The number of hydrogen-bond acceptors (Lipinski definition) is 3. The quantitative estimate of drug-likeness (QED) is 0.802. The van der Waals surface area contributed by atoms with E-state index in [-0.39, 0.29) is 12.2 Å². The second kappa shape index (κ2) is 5.85. The minimum atomic E-state index is -0.0321. The van der Waals surface area contributed by atoms with Crippen LogP contribution in [-0.4, -0.2) is 17.9 Å². The number of ether oxygens (including phenoxy) is 1. The molecule has 0 N–H and O–H groups in total. The average molecular weight is 276 g/mol. The summed E-state index contributed by atoms with van der Waals surface area (Å²) >= 11 is 5.88. The molecule has 0 fully saturated rings. The van der Waals surface area contributed by atoms with Crippen LogP contribution in [0.5, 0.6) is 5.75 Å². The van der Waals surface area contributed by atoms with Crippen molar-refractivity contribution in [3.8, 4) is 5.75 Å². The molecule has 0 spiro atoms. The van der Waals surface area contributed by atoms with Gasteiger partial charge in [-0.25, -0.2) is 0 Å². The summed E-state index contributed by atoms with van der Waals surface area (Å²) < 4.78 is 5.19. The summed E-state index contributed by atoms with van der Waals surface area (Å²) in [5, 5.41) is 0.544. The fraction of sp³-hybridized carbons (Fsp3) is 0.200. The van der Waals surface area contributed by atoms with E-state index in [9.17, 15) is 4.79 Å². The molecule has 0 saturated carbocycles. The number of carbonyl (C=O) groups is 1. The molecule has 4 heteroatoms. The zero-order valence-electron chi connectivity index (χ0n) is 10.8. The molecule has 2 aromatic rings. The maximum atomic E-state index is 12.3. The number of benzene rings is 1. The van der Waals surface area contributed by atoms with E-state index in [2.05, 4.69) is 4.98 Å². The highest BCUT2D eigenvalue weighted by Crippen LogP contribution is 2.24. The molecule has 0 unspecified atom stereocenters. The average Bonchev–Trinajstić information content (AvgIpc) is 2.41. The molecule has 0 aliphatic heterocycles. The lowest BCUT2D eigenvalue weighted by atomic mass is 10.0. The molecule has 2 rings (SSSR count). The van der Waals surface area contributed by atoms with Gasteiger partial charge in [-0.15, -0.1) is 0 Å². The molecule has 3 nitrogen and oxygen atoms in total. The highest BCUT2D eigenvalue weighted by atomic mass is 35.5. The maximum absolute atomic E-state index is 12.3. The number of carbonyl (C=O) groups excluding carboxylic acids is 1. The molecule has 19 heavy (non-hydrogen) atoms. The summed E-state index contributed by atoms with van der Waals surface area (Å²) in [6.45, 7) is 1.94. The number of methoxy groups -OCH3 is 1. The van der Waals surface area contributed by atoms with Gasteiger partial charge in [0.15, 0.2) is 5.78 Å². The van der Waals surface area contributed by atoms with Crippen LogP contribution in [0.1, 0.15) is 21.6 Å². The van der Waals surface area contributed by atoms with Gasteiger partial charge in [0, 0.05) is 11.2 Å². The molecule has 0 radical (unpaired) electrons. The molecule has 98 valence electrons. The van der Waals surface area contributed by atoms with E-state index in [4.69, 9.17) is 16.3 Å². The summed E-state index contributed by atoms with van der Waals surface area (Å²) in [5.41, 5.74) is 2.31. The number of Topliss-reactive ketones (excluding diaryl/α,β-unsaturated/α-hetero) is 1. The third kappa shape index (κ3) is 3.12. The second-order valence-electron chi connectivity index (χ2n) is 4.21. The number of halogens is 1. The van der Waals surface area contributed by atoms with Crippen molar-refractivity contribution in [1.29, 1.82) is 0 Å². The molecular weight excluding hydrogens is 262 g/mol. The van der Waals surface area contributed by atoms with E-state index >= 15 is 0 Å². The monoisotopic (exact) mass is 275 g/mol. The zero-order chi connectivity index (χ0) is 13.8. The standard InChI is InChI=1S/C15H14ClNO2/c1-10-4-3-7-17-13(10)9-14(18)12-6-5-11(16)8-15(12)19-2/h3-8H,9H2,1-2H3. The summed E-state index contributed by atoms with van der Waals surface area (Å²) in [5.74, 6) is 0.460. The van der Waals surface area contributed by atoms with Crippen LogP contribution < -0.4 is 4.74 Å². The lowest BCUT2D eigenvalue weighted by molar-refractivity contribution is 0.0989. The molecule has 0 aliphatic rings. The van der Waals surface area contributed by atoms with E-state index in [0.717, 1.165) is 11.3 Å². The number of pyridine rings is 1. The van der Waals surface area contributed by atoms with Gasteiger partial charge in [-0.2, -0.15) is 0 Å². The number of aryl methyl sites for hydroxylation is 1. The highest BCUT2D eigenvalue weighted by molar-refractivity contribution is 6.30. The third-order valence-corrected chi connectivity index (χ3v) is 3.14. The van der Waals surface area contributed by atoms with E-state index in [1.165, 1.54) is 7.11 Å². The van der Waals surface area contributed by atoms with Crippen LogP contribution >= 0.6 is 11.6 Å². The molecule has 0 saturated heterocycles. The summed E-state index contributed by atoms with van der Waals surface area (Å²) in [6, 6.07) is 8.80. The van der Waals surface area contributed by atoms with Crippen molar-refractivity contribution in [2.24, 2.45) is 0 Å². The lowest BCUT2D eigenvalue weighted by Gasteiger charge is -2.08. The van der Waals surface area contributed by atoms with Gasteiger partial charge in [-0.05, 0) is 36.8 Å². The van der Waals surface area contributed by atoms with E-state index in [0.29, 0.717) is 16.3 Å². The van der Waals surface area contributed by atoms with Crippen molar-refractivity contribution in [3.05, 3.63) is 58.4 Å². The lowest BCUT2D eigenvalue weighted by Crippen LogP contribution is -2.08. The molecule has 1 aromatic carbocycles. The van der Waals surface area contributed by atoms with Crippen molar-refractivity contribution < 1.29 is 9.53 Å². The summed E-state index contributed by atoms with van der Waals surface area (Å²) in [4.78, 5) is 16.5. The van der Waals surface area contributed by atoms with E-state index in [1.54, 1.807) is 24.4 Å². The first-order chi connectivity index (χ1) is 9.11. The third-order valence-electron chi connectivity index (χ3n) is 2.91. The molecule has 0 atom stereocenters. The molecule has 0 bridgehead atoms. The van der Waals surface area contributed by atoms with Crippen molar-refractivity contribution in [2.45, 2.75) is 13.3 Å². The summed E-state index contributed by atoms with van der Waals surface area (Å²) in [6.07, 6.45) is 1.94. The number of aromatic nitrogens is 1. The van der Waals surface area contributed by atoms with Gasteiger partial charge >= 0.3 is 0 Å². The van der Waals surface area contributed by atoms with Gasteiger partial charge in [0.25, 0.3) is 0 Å².